The number of ether oxygens (including phenoxy) is 3. The lowest BCUT2D eigenvalue weighted by Crippen LogP contribution is -2.30. The van der Waals surface area contributed by atoms with Crippen LogP contribution in [0, 0.1) is 0 Å². The number of aromatic nitrogens is 3. The van der Waals surface area contributed by atoms with Crippen molar-refractivity contribution in [2.24, 2.45) is 0 Å². The molecular formula is C19H24N4O4. The van der Waals surface area contributed by atoms with Crippen molar-refractivity contribution in [2.75, 3.05) is 26.1 Å². The number of fused-ring (bicyclic) bond motifs is 1. The number of carbonyl (C=O) groups excluding carboxylic acids is 1. The highest BCUT2D eigenvalue weighted by molar-refractivity contribution is 5.92. The van der Waals surface area contributed by atoms with Crippen LogP contribution in [-0.4, -0.2) is 41.6 Å². The summed E-state index contributed by atoms with van der Waals surface area (Å²) in [5, 5.41) is 7.56. The molecule has 3 rings (SSSR count). The SMILES string of the molecule is CCCC1=C(C(=O)OCC)C(c2ccc(OC)cc2OC)n2ncnc2N1. The molecule has 0 fully saturated rings. The minimum absolute atomic E-state index is 0.290. The largest absolute Gasteiger partial charge is 0.497 e. The summed E-state index contributed by atoms with van der Waals surface area (Å²) in [5.41, 5.74) is 2.09. The number of allylic oxidation sites excluding steroid dienone is 1. The second-order valence-electron chi connectivity index (χ2n) is 6.03. The summed E-state index contributed by atoms with van der Waals surface area (Å²) in [6, 6.07) is 4.99. The second kappa shape index (κ2) is 8.11. The van der Waals surface area contributed by atoms with Crippen molar-refractivity contribution in [3.05, 3.63) is 41.4 Å². The molecule has 1 aromatic heterocycles. The first-order valence-corrected chi connectivity index (χ1v) is 8.93. The van der Waals surface area contributed by atoms with Crippen LogP contribution in [0.1, 0.15) is 38.3 Å². The summed E-state index contributed by atoms with van der Waals surface area (Å²) in [6.45, 7) is 4.14. The first kappa shape index (κ1) is 18.8. The number of anilines is 1. The molecule has 2 heterocycles. The van der Waals surface area contributed by atoms with Gasteiger partial charge >= 0.3 is 5.97 Å². The average molecular weight is 372 g/mol. The van der Waals surface area contributed by atoms with E-state index in [4.69, 9.17) is 14.2 Å². The first-order chi connectivity index (χ1) is 13.1. The summed E-state index contributed by atoms with van der Waals surface area (Å²) in [5.74, 6) is 1.46. The van der Waals surface area contributed by atoms with Gasteiger partial charge in [-0.25, -0.2) is 9.48 Å². The maximum Gasteiger partial charge on any atom is 0.338 e. The van der Waals surface area contributed by atoms with Crippen LogP contribution in [0.4, 0.5) is 5.95 Å². The third-order valence-corrected chi connectivity index (χ3v) is 4.41. The van der Waals surface area contributed by atoms with Gasteiger partial charge in [-0.05, 0) is 25.5 Å². The predicted molar refractivity (Wildman–Crippen MR) is 99.9 cm³/mol. The normalized spacial score (nSPS) is 15.8. The molecule has 0 aliphatic carbocycles. The number of hydrogen-bond donors (Lipinski definition) is 1. The number of carbonyl (C=O) groups is 1. The number of nitrogens with zero attached hydrogens (tertiary/aromatic N) is 3. The lowest BCUT2D eigenvalue weighted by molar-refractivity contribution is -0.139. The smallest absolute Gasteiger partial charge is 0.338 e. The van der Waals surface area contributed by atoms with E-state index in [0.717, 1.165) is 17.7 Å². The molecule has 2 aromatic rings. The molecule has 144 valence electrons. The van der Waals surface area contributed by atoms with E-state index in [9.17, 15) is 4.79 Å². The lowest BCUT2D eigenvalue weighted by atomic mass is 9.93. The molecule has 1 atom stereocenters. The highest BCUT2D eigenvalue weighted by Gasteiger charge is 2.36. The van der Waals surface area contributed by atoms with Crippen LogP contribution < -0.4 is 14.8 Å². The summed E-state index contributed by atoms with van der Waals surface area (Å²) >= 11 is 0. The molecule has 1 N–H and O–H groups in total. The van der Waals surface area contributed by atoms with Crippen LogP contribution in [0.3, 0.4) is 0 Å². The predicted octanol–water partition coefficient (Wildman–Crippen LogP) is 2.93. The fraction of sp³-hybridized carbons (Fsp3) is 0.421. The Bertz CT molecular complexity index is 859. The summed E-state index contributed by atoms with van der Waals surface area (Å²) in [4.78, 5) is 17.2. The second-order valence-corrected chi connectivity index (χ2v) is 6.03. The quantitative estimate of drug-likeness (QED) is 0.748. The third kappa shape index (κ3) is 3.47. The van der Waals surface area contributed by atoms with Crippen LogP contribution in [0.15, 0.2) is 35.8 Å². The molecule has 1 aliphatic rings. The van der Waals surface area contributed by atoms with Crippen molar-refractivity contribution in [1.82, 2.24) is 14.8 Å². The standard InChI is InChI=1S/C19H24N4O4/c1-5-7-14-16(18(24)27-6-2)17(23-19(22-14)20-11-21-23)13-9-8-12(25-3)10-15(13)26-4/h8-11,17H,5-7H2,1-4H3,(H,20,21,22). The van der Waals surface area contributed by atoms with Gasteiger partial charge in [0.05, 0.1) is 26.4 Å². The van der Waals surface area contributed by atoms with Gasteiger partial charge in [0.15, 0.2) is 0 Å². The number of nitrogens with one attached hydrogen (secondary N) is 1. The molecule has 27 heavy (non-hydrogen) atoms. The Morgan fingerprint density at radius 3 is 2.74 bits per heavy atom. The van der Waals surface area contributed by atoms with E-state index >= 15 is 0 Å². The van der Waals surface area contributed by atoms with Crippen molar-refractivity contribution in [3.63, 3.8) is 0 Å². The fourth-order valence-corrected chi connectivity index (χ4v) is 3.24. The lowest BCUT2D eigenvalue weighted by Gasteiger charge is -2.30. The zero-order valence-electron chi connectivity index (χ0n) is 16.0. The minimum Gasteiger partial charge on any atom is -0.497 e. The molecule has 0 bridgehead atoms. The Labute approximate surface area is 158 Å². The molecule has 0 amide bonds. The van der Waals surface area contributed by atoms with Gasteiger partial charge in [0.1, 0.15) is 23.9 Å². The Morgan fingerprint density at radius 1 is 1.26 bits per heavy atom. The van der Waals surface area contributed by atoms with E-state index in [2.05, 4.69) is 22.3 Å². The van der Waals surface area contributed by atoms with Crippen molar-refractivity contribution >= 4 is 11.9 Å². The molecular weight excluding hydrogens is 348 g/mol. The molecule has 0 radical (unpaired) electrons. The zero-order valence-corrected chi connectivity index (χ0v) is 16.0. The van der Waals surface area contributed by atoms with Gasteiger partial charge in [-0.15, -0.1) is 0 Å². The molecule has 0 saturated carbocycles. The van der Waals surface area contributed by atoms with E-state index < -0.39 is 6.04 Å². The van der Waals surface area contributed by atoms with Gasteiger partial charge in [-0.1, -0.05) is 13.3 Å². The number of hydrogen-bond acceptors (Lipinski definition) is 7. The highest BCUT2D eigenvalue weighted by atomic mass is 16.5. The Morgan fingerprint density at radius 2 is 2.07 bits per heavy atom. The molecule has 1 unspecified atom stereocenters. The first-order valence-electron chi connectivity index (χ1n) is 8.93. The van der Waals surface area contributed by atoms with Crippen molar-refractivity contribution in [3.8, 4) is 11.5 Å². The number of esters is 1. The summed E-state index contributed by atoms with van der Waals surface area (Å²) in [6.07, 6.45) is 3.02. The molecule has 8 nitrogen and oxygen atoms in total. The Hall–Kier alpha value is -3.03. The van der Waals surface area contributed by atoms with E-state index in [1.54, 1.807) is 31.9 Å². The van der Waals surface area contributed by atoms with Gasteiger partial charge in [-0.2, -0.15) is 10.1 Å². The van der Waals surface area contributed by atoms with Crippen molar-refractivity contribution < 1.29 is 19.0 Å². The van der Waals surface area contributed by atoms with Gasteiger partial charge in [0, 0.05) is 17.3 Å². The van der Waals surface area contributed by atoms with Crippen LogP contribution in [0.25, 0.3) is 0 Å². The topological polar surface area (TPSA) is 87.5 Å². The molecule has 0 saturated heterocycles. The maximum absolute atomic E-state index is 12.9. The van der Waals surface area contributed by atoms with Crippen LogP contribution in [0.2, 0.25) is 0 Å². The van der Waals surface area contributed by atoms with Crippen LogP contribution in [0.5, 0.6) is 11.5 Å². The van der Waals surface area contributed by atoms with E-state index in [1.807, 2.05) is 12.1 Å². The molecule has 1 aromatic carbocycles. The van der Waals surface area contributed by atoms with Crippen molar-refractivity contribution in [2.45, 2.75) is 32.7 Å². The van der Waals surface area contributed by atoms with Crippen LogP contribution >= 0.6 is 0 Å². The zero-order chi connectivity index (χ0) is 19.4. The molecule has 1 aliphatic heterocycles. The number of rotatable bonds is 7. The van der Waals surface area contributed by atoms with Gasteiger partial charge in [0.2, 0.25) is 5.95 Å². The molecule has 8 heteroatoms. The van der Waals surface area contributed by atoms with Gasteiger partial charge < -0.3 is 19.5 Å². The number of methoxy groups -OCH3 is 2. The third-order valence-electron chi connectivity index (χ3n) is 4.41. The Balaban J connectivity index is 2.21. The van der Waals surface area contributed by atoms with E-state index in [-0.39, 0.29) is 5.97 Å². The van der Waals surface area contributed by atoms with Gasteiger partial charge in [0.25, 0.3) is 0 Å². The van der Waals surface area contributed by atoms with Crippen molar-refractivity contribution in [1.29, 1.82) is 0 Å². The molecule has 0 spiro atoms. The van der Waals surface area contributed by atoms with E-state index in [1.165, 1.54) is 6.33 Å². The fourth-order valence-electron chi connectivity index (χ4n) is 3.24. The summed E-state index contributed by atoms with van der Waals surface area (Å²) in [7, 11) is 3.18. The maximum atomic E-state index is 12.9. The van der Waals surface area contributed by atoms with Gasteiger partial charge in [-0.3, -0.25) is 0 Å². The monoisotopic (exact) mass is 372 g/mol. The van der Waals surface area contributed by atoms with E-state index in [0.29, 0.717) is 36.0 Å². The Kier molecular flexibility index (Phi) is 5.63. The number of benzene rings is 1. The van der Waals surface area contributed by atoms with Crippen LogP contribution in [-0.2, 0) is 9.53 Å². The minimum atomic E-state index is -0.509. The average Bonchev–Trinajstić information content (AvgIpc) is 3.15. The highest BCUT2D eigenvalue weighted by Crippen LogP contribution is 2.41. The summed E-state index contributed by atoms with van der Waals surface area (Å²) < 4.78 is 17.9.